The van der Waals surface area contributed by atoms with Gasteiger partial charge in [-0.3, -0.25) is 4.79 Å². The van der Waals surface area contributed by atoms with E-state index in [0.29, 0.717) is 5.69 Å². The molecule has 4 aromatic carbocycles. The second kappa shape index (κ2) is 8.04. The molecule has 1 amide bonds. The Morgan fingerprint density at radius 3 is 2.19 bits per heavy atom. The molecule has 5 aromatic rings. The van der Waals surface area contributed by atoms with Crippen molar-refractivity contribution in [3.05, 3.63) is 114 Å². The van der Waals surface area contributed by atoms with Crippen molar-refractivity contribution < 1.29 is 4.79 Å². The normalized spacial score (nSPS) is 12.0. The molecular weight excluding hydrogens is 380 g/mol. The molecule has 0 aliphatic carbocycles. The summed E-state index contributed by atoms with van der Waals surface area (Å²) in [5, 5.41) is 7.43. The molecule has 3 nitrogen and oxygen atoms in total. The monoisotopic (exact) mass is 402 g/mol. The Bertz CT molecular complexity index is 1380. The third kappa shape index (κ3) is 3.66. The minimum Gasteiger partial charge on any atom is -0.344 e. The molecule has 0 spiro atoms. The number of pyridine rings is 1. The molecule has 31 heavy (non-hydrogen) atoms. The molecule has 0 bridgehead atoms. The fourth-order valence-electron chi connectivity index (χ4n) is 4.04. The lowest BCUT2D eigenvalue weighted by Crippen LogP contribution is -2.27. The van der Waals surface area contributed by atoms with Gasteiger partial charge in [0.1, 0.15) is 5.69 Å². The van der Waals surface area contributed by atoms with Crippen molar-refractivity contribution in [2.75, 3.05) is 0 Å². The van der Waals surface area contributed by atoms with Crippen molar-refractivity contribution in [2.24, 2.45) is 0 Å². The number of benzene rings is 4. The molecule has 0 saturated heterocycles. The summed E-state index contributed by atoms with van der Waals surface area (Å²) >= 11 is 0. The first-order valence-electron chi connectivity index (χ1n) is 10.4. The van der Waals surface area contributed by atoms with Crippen molar-refractivity contribution in [2.45, 2.75) is 13.0 Å². The zero-order valence-electron chi connectivity index (χ0n) is 17.2. The van der Waals surface area contributed by atoms with Crippen LogP contribution in [0.4, 0.5) is 0 Å². The van der Waals surface area contributed by atoms with E-state index in [0.717, 1.165) is 38.4 Å². The highest BCUT2D eigenvalue weighted by atomic mass is 16.1. The number of nitrogens with one attached hydrogen (secondary N) is 1. The first-order chi connectivity index (χ1) is 15.2. The van der Waals surface area contributed by atoms with E-state index in [1.807, 2.05) is 85.8 Å². The van der Waals surface area contributed by atoms with Crippen LogP contribution in [-0.2, 0) is 0 Å². The van der Waals surface area contributed by atoms with E-state index >= 15 is 0 Å². The van der Waals surface area contributed by atoms with Crippen LogP contribution in [0.15, 0.2) is 103 Å². The number of fused-ring (bicyclic) bond motifs is 3. The fraction of sp³-hybridized carbons (Fsp3) is 0.0714. The molecule has 0 aliphatic rings. The third-order valence-corrected chi connectivity index (χ3v) is 5.67. The van der Waals surface area contributed by atoms with Gasteiger partial charge in [-0.2, -0.15) is 0 Å². The summed E-state index contributed by atoms with van der Waals surface area (Å²) in [4.78, 5) is 18.0. The first kappa shape index (κ1) is 19.0. The molecule has 1 N–H and O–H groups in total. The van der Waals surface area contributed by atoms with Gasteiger partial charge in [0, 0.05) is 10.9 Å². The summed E-state index contributed by atoms with van der Waals surface area (Å²) in [5.41, 5.74) is 3.30. The third-order valence-electron chi connectivity index (χ3n) is 5.67. The highest BCUT2D eigenvalue weighted by molar-refractivity contribution is 6.13. The Morgan fingerprint density at radius 2 is 1.42 bits per heavy atom. The van der Waals surface area contributed by atoms with Crippen LogP contribution in [0.2, 0.25) is 0 Å². The van der Waals surface area contributed by atoms with Gasteiger partial charge >= 0.3 is 0 Å². The highest BCUT2D eigenvalue weighted by Crippen LogP contribution is 2.32. The van der Waals surface area contributed by atoms with Gasteiger partial charge in [0.15, 0.2) is 0 Å². The second-order valence-corrected chi connectivity index (χ2v) is 7.71. The zero-order chi connectivity index (χ0) is 21.2. The first-order valence-corrected chi connectivity index (χ1v) is 10.4. The van der Waals surface area contributed by atoms with Gasteiger partial charge in [0.25, 0.3) is 5.91 Å². The van der Waals surface area contributed by atoms with Gasteiger partial charge in [-0.25, -0.2) is 4.98 Å². The summed E-state index contributed by atoms with van der Waals surface area (Å²) in [7, 11) is 0. The predicted octanol–water partition coefficient (Wildman–Crippen LogP) is 6.55. The standard InChI is InChI=1S/C28H22N2O/c1-19(20-10-4-2-5-11-20)29-28(31)26-18-25-23-15-9-8-12-21(23)16-17-24(25)27(30-26)22-13-6-3-7-14-22/h2-19H,1H3,(H,29,31)/t19-/m0/s1. The lowest BCUT2D eigenvalue weighted by molar-refractivity contribution is 0.0935. The van der Waals surface area contributed by atoms with Crippen molar-refractivity contribution in [3.8, 4) is 11.3 Å². The zero-order valence-corrected chi connectivity index (χ0v) is 17.2. The van der Waals surface area contributed by atoms with Crippen molar-refractivity contribution in [1.82, 2.24) is 10.3 Å². The maximum Gasteiger partial charge on any atom is 0.270 e. The van der Waals surface area contributed by atoms with Crippen LogP contribution in [0, 0.1) is 0 Å². The fourth-order valence-corrected chi connectivity index (χ4v) is 4.04. The lowest BCUT2D eigenvalue weighted by atomic mass is 9.97. The number of carbonyl (C=O) groups is 1. The Labute approximate surface area is 181 Å². The molecule has 0 fully saturated rings. The molecule has 0 radical (unpaired) electrons. The maximum atomic E-state index is 13.2. The Hall–Kier alpha value is -3.98. The van der Waals surface area contributed by atoms with Crippen LogP contribution in [-0.4, -0.2) is 10.9 Å². The molecule has 0 aliphatic heterocycles. The number of nitrogens with zero attached hydrogens (tertiary/aromatic N) is 1. The van der Waals surface area contributed by atoms with Crippen LogP contribution in [0.25, 0.3) is 32.8 Å². The van der Waals surface area contributed by atoms with E-state index in [1.165, 1.54) is 0 Å². The van der Waals surface area contributed by atoms with E-state index < -0.39 is 0 Å². The van der Waals surface area contributed by atoms with Gasteiger partial charge in [0.05, 0.1) is 11.7 Å². The van der Waals surface area contributed by atoms with Crippen LogP contribution in [0.5, 0.6) is 0 Å². The van der Waals surface area contributed by atoms with Gasteiger partial charge in [-0.15, -0.1) is 0 Å². The summed E-state index contributed by atoms with van der Waals surface area (Å²) in [6.07, 6.45) is 0. The van der Waals surface area contributed by atoms with Crippen molar-refractivity contribution in [1.29, 1.82) is 0 Å². The van der Waals surface area contributed by atoms with Crippen molar-refractivity contribution in [3.63, 3.8) is 0 Å². The van der Waals surface area contributed by atoms with Gasteiger partial charge in [0.2, 0.25) is 0 Å². The van der Waals surface area contributed by atoms with E-state index in [4.69, 9.17) is 4.98 Å². The van der Waals surface area contributed by atoms with E-state index in [1.54, 1.807) is 0 Å². The summed E-state index contributed by atoms with van der Waals surface area (Å²) < 4.78 is 0. The SMILES string of the molecule is C[C@H](NC(=O)c1cc2c(ccc3ccccc32)c(-c2ccccc2)n1)c1ccccc1. The van der Waals surface area contributed by atoms with Gasteiger partial charge in [-0.1, -0.05) is 97.1 Å². The van der Waals surface area contributed by atoms with Gasteiger partial charge < -0.3 is 5.32 Å². The Kier molecular flexibility index (Phi) is 4.93. The lowest BCUT2D eigenvalue weighted by Gasteiger charge is -2.16. The molecule has 3 heteroatoms. The molecule has 1 heterocycles. The number of amides is 1. The number of rotatable bonds is 4. The van der Waals surface area contributed by atoms with Crippen LogP contribution >= 0.6 is 0 Å². The number of hydrogen-bond acceptors (Lipinski definition) is 2. The topological polar surface area (TPSA) is 42.0 Å². The van der Waals surface area contributed by atoms with Gasteiger partial charge in [-0.05, 0) is 34.7 Å². The molecule has 0 unspecified atom stereocenters. The molecular formula is C28H22N2O. The summed E-state index contributed by atoms with van der Waals surface area (Å²) in [6.45, 7) is 1.99. The average molecular weight is 402 g/mol. The number of hydrogen-bond donors (Lipinski definition) is 1. The van der Waals surface area contributed by atoms with Crippen molar-refractivity contribution >= 4 is 27.5 Å². The minimum absolute atomic E-state index is 0.112. The van der Waals surface area contributed by atoms with E-state index in [-0.39, 0.29) is 11.9 Å². The van der Waals surface area contributed by atoms with E-state index in [9.17, 15) is 4.79 Å². The minimum atomic E-state index is -0.177. The number of carbonyl (C=O) groups excluding carboxylic acids is 1. The quantitative estimate of drug-likeness (QED) is 0.347. The largest absolute Gasteiger partial charge is 0.344 e. The van der Waals surface area contributed by atoms with Crippen LogP contribution < -0.4 is 5.32 Å². The Morgan fingerprint density at radius 1 is 0.742 bits per heavy atom. The maximum absolute atomic E-state index is 13.2. The van der Waals surface area contributed by atoms with Crippen LogP contribution in [0.1, 0.15) is 29.0 Å². The average Bonchev–Trinajstić information content (AvgIpc) is 2.84. The number of aromatic nitrogens is 1. The molecule has 1 aromatic heterocycles. The molecule has 1 atom stereocenters. The summed E-state index contributed by atoms with van der Waals surface area (Å²) in [5.74, 6) is -0.177. The summed E-state index contributed by atoms with van der Waals surface area (Å²) in [6, 6.07) is 34.3. The Balaban J connectivity index is 1.66. The second-order valence-electron chi connectivity index (χ2n) is 7.71. The molecule has 0 saturated carbocycles. The molecule has 5 rings (SSSR count). The van der Waals surface area contributed by atoms with E-state index in [2.05, 4.69) is 29.6 Å². The highest BCUT2D eigenvalue weighted by Gasteiger charge is 2.17. The smallest absolute Gasteiger partial charge is 0.270 e. The molecule has 150 valence electrons. The van der Waals surface area contributed by atoms with Crippen LogP contribution in [0.3, 0.4) is 0 Å². The predicted molar refractivity (Wildman–Crippen MR) is 127 cm³/mol.